The van der Waals surface area contributed by atoms with Gasteiger partial charge in [-0.3, -0.25) is 34.9 Å². The van der Waals surface area contributed by atoms with Crippen LogP contribution in [-0.4, -0.2) is 124 Å². The number of aryl methyl sites for hydroxylation is 2. The lowest BCUT2D eigenvalue weighted by Crippen LogP contribution is -2.60. The van der Waals surface area contributed by atoms with Crippen molar-refractivity contribution in [1.29, 1.82) is 0 Å². The van der Waals surface area contributed by atoms with Crippen LogP contribution in [0.25, 0.3) is 22.3 Å². The Balaban J connectivity index is 0.866. The van der Waals surface area contributed by atoms with Gasteiger partial charge in [-0.25, -0.2) is 18.4 Å². The Morgan fingerprint density at radius 2 is 1.66 bits per heavy atom. The first kappa shape index (κ1) is 44.8. The van der Waals surface area contributed by atoms with Crippen LogP contribution >= 0.6 is 0 Å². The molecular formula is C49H58F2N10O6. The minimum absolute atomic E-state index is 0.0440. The molecule has 16 nitrogen and oxygen atoms in total. The zero-order chi connectivity index (χ0) is 46.5. The lowest BCUT2D eigenvalue weighted by molar-refractivity contribution is -0.134. The van der Waals surface area contributed by atoms with Gasteiger partial charge >= 0.3 is 0 Å². The van der Waals surface area contributed by atoms with Crippen LogP contribution in [0.2, 0.25) is 0 Å². The Morgan fingerprint density at radius 3 is 2.42 bits per heavy atom. The minimum atomic E-state index is -1.03. The van der Waals surface area contributed by atoms with Crippen molar-refractivity contribution in [2.75, 3.05) is 74.8 Å². The number of piperidine rings is 2. The summed E-state index contributed by atoms with van der Waals surface area (Å²) in [6, 6.07) is 12.9. The summed E-state index contributed by atoms with van der Waals surface area (Å²) in [5.41, 5.74) is 6.11. The summed E-state index contributed by atoms with van der Waals surface area (Å²) in [6.45, 7) is 9.25. The van der Waals surface area contributed by atoms with Crippen LogP contribution in [0.15, 0.2) is 42.5 Å². The number of hydrogen-bond acceptors (Lipinski definition) is 12. The molecule has 0 spiro atoms. The van der Waals surface area contributed by atoms with Crippen molar-refractivity contribution in [2.45, 2.75) is 89.9 Å². The first-order chi connectivity index (χ1) is 32.4. The number of methoxy groups -OCH3 is 1. The number of nitrogens with zero attached hydrogens (tertiary/aromatic N) is 8. The SMILES string of the molecule is COC[C@@H]1CN(c2ccc3nc4n(c3c2)C[C@@H]2CC[C@H](COc3c(c(C)nn3CCO)-c3cc(cc(C)n3)C(=O)N4)C2)CCN1C1CCN(c2cc(F)c([C@H]3CCC(=O)NC3=O)c(F)c2)CC1. The number of ether oxygens (including phenoxy) is 2. The third-order valence-electron chi connectivity index (χ3n) is 14.6. The van der Waals surface area contributed by atoms with Gasteiger partial charge in [0.05, 0.1) is 66.3 Å². The normalized spacial score (nSPS) is 23.0. The zero-order valence-corrected chi connectivity index (χ0v) is 38.3. The Morgan fingerprint density at radius 1 is 0.866 bits per heavy atom. The molecule has 0 radical (unpaired) electrons. The predicted molar refractivity (Wildman–Crippen MR) is 247 cm³/mol. The molecule has 4 atom stereocenters. The number of aromatic nitrogens is 5. The van der Waals surface area contributed by atoms with Gasteiger partial charge in [0.25, 0.3) is 5.91 Å². The largest absolute Gasteiger partial charge is 0.477 e. The molecule has 7 heterocycles. The molecule has 3 amide bonds. The number of rotatable bonds is 8. The van der Waals surface area contributed by atoms with Crippen molar-refractivity contribution in [3.8, 4) is 17.1 Å². The van der Waals surface area contributed by atoms with Crippen molar-refractivity contribution < 1.29 is 37.7 Å². The molecule has 3 aromatic heterocycles. The highest BCUT2D eigenvalue weighted by molar-refractivity contribution is 6.05. The van der Waals surface area contributed by atoms with Crippen molar-refractivity contribution >= 4 is 46.1 Å². The number of aliphatic hydroxyl groups excluding tert-OH is 1. The number of aliphatic hydroxyl groups is 1. The molecular weight excluding hydrogens is 863 g/mol. The molecule has 1 saturated carbocycles. The van der Waals surface area contributed by atoms with Gasteiger partial charge in [-0.1, -0.05) is 0 Å². The number of imidazole rings is 1. The number of piperazine rings is 1. The maximum Gasteiger partial charge on any atom is 0.258 e. The van der Waals surface area contributed by atoms with Crippen molar-refractivity contribution in [2.24, 2.45) is 11.8 Å². The molecule has 5 aliphatic rings. The highest BCUT2D eigenvalue weighted by Gasteiger charge is 2.37. The Kier molecular flexibility index (Phi) is 12.4. The molecule has 5 aromatic rings. The second-order valence-corrected chi connectivity index (χ2v) is 19.0. The molecule has 10 rings (SSSR count). The lowest BCUT2D eigenvalue weighted by Gasteiger charge is -2.48. The van der Waals surface area contributed by atoms with E-state index in [0.29, 0.717) is 84.8 Å². The fourth-order valence-electron chi connectivity index (χ4n) is 11.3. The maximum atomic E-state index is 15.5. The summed E-state index contributed by atoms with van der Waals surface area (Å²) in [7, 11) is 1.73. The van der Waals surface area contributed by atoms with Gasteiger partial charge in [-0.05, 0) is 107 Å². The van der Waals surface area contributed by atoms with E-state index in [2.05, 4.69) is 42.2 Å². The molecule has 3 N–H and O–H groups in total. The molecule has 67 heavy (non-hydrogen) atoms. The van der Waals surface area contributed by atoms with Crippen molar-refractivity contribution in [3.05, 3.63) is 76.6 Å². The zero-order valence-electron chi connectivity index (χ0n) is 38.3. The number of imide groups is 1. The van der Waals surface area contributed by atoms with Gasteiger partial charge in [-0.15, -0.1) is 0 Å². The molecule has 0 unspecified atom stereocenters. The second-order valence-electron chi connectivity index (χ2n) is 19.0. The first-order valence-electron chi connectivity index (χ1n) is 23.6. The van der Waals surface area contributed by atoms with E-state index in [-0.39, 0.29) is 49.5 Å². The number of anilines is 3. The smallest absolute Gasteiger partial charge is 0.258 e. The molecule has 4 bridgehead atoms. The van der Waals surface area contributed by atoms with Gasteiger partial charge in [0.15, 0.2) is 0 Å². The van der Waals surface area contributed by atoms with E-state index >= 15 is 8.78 Å². The molecule has 4 fully saturated rings. The average molecular weight is 921 g/mol. The summed E-state index contributed by atoms with van der Waals surface area (Å²) in [5.74, 6) is -2.25. The number of benzene rings is 2. The van der Waals surface area contributed by atoms with Gasteiger partial charge in [0.2, 0.25) is 23.6 Å². The van der Waals surface area contributed by atoms with Crippen LogP contribution in [0.5, 0.6) is 5.88 Å². The quantitative estimate of drug-likeness (QED) is 0.166. The molecule has 354 valence electrons. The molecule has 1 aliphatic carbocycles. The van der Waals surface area contributed by atoms with Crippen LogP contribution in [0.4, 0.5) is 26.1 Å². The minimum Gasteiger partial charge on any atom is -0.477 e. The molecule has 18 heteroatoms. The summed E-state index contributed by atoms with van der Waals surface area (Å²) in [5, 5.41) is 19.9. The van der Waals surface area contributed by atoms with E-state index in [4.69, 9.17) is 19.4 Å². The number of carbonyl (C=O) groups is 3. The van der Waals surface area contributed by atoms with Gasteiger partial charge in [-0.2, -0.15) is 5.10 Å². The van der Waals surface area contributed by atoms with Crippen LogP contribution in [0, 0.1) is 37.3 Å². The van der Waals surface area contributed by atoms with E-state index < -0.39 is 29.4 Å². The predicted octanol–water partition coefficient (Wildman–Crippen LogP) is 5.57. The van der Waals surface area contributed by atoms with Gasteiger partial charge < -0.3 is 28.9 Å². The van der Waals surface area contributed by atoms with E-state index in [0.717, 1.165) is 74.0 Å². The molecule has 4 aliphatic heterocycles. The summed E-state index contributed by atoms with van der Waals surface area (Å²) in [4.78, 5) is 55.0. The summed E-state index contributed by atoms with van der Waals surface area (Å²) < 4.78 is 47.2. The van der Waals surface area contributed by atoms with Gasteiger partial charge in [0, 0.05) is 87.0 Å². The summed E-state index contributed by atoms with van der Waals surface area (Å²) in [6.07, 6.45) is 4.69. The average Bonchev–Trinajstić information content (AvgIpc) is 4.00. The monoisotopic (exact) mass is 920 g/mol. The topological polar surface area (TPSA) is 172 Å². The Labute approximate surface area is 387 Å². The third kappa shape index (κ3) is 8.86. The Hall–Kier alpha value is -5.98. The van der Waals surface area contributed by atoms with E-state index in [9.17, 15) is 19.5 Å². The van der Waals surface area contributed by atoms with Crippen LogP contribution in [0.3, 0.4) is 0 Å². The molecule has 3 saturated heterocycles. The van der Waals surface area contributed by atoms with Crippen molar-refractivity contribution in [3.63, 3.8) is 0 Å². The fourth-order valence-corrected chi connectivity index (χ4v) is 11.3. The first-order valence-corrected chi connectivity index (χ1v) is 23.6. The van der Waals surface area contributed by atoms with Crippen molar-refractivity contribution in [1.82, 2.24) is 34.5 Å². The Bertz CT molecular complexity index is 2690. The van der Waals surface area contributed by atoms with Crippen LogP contribution < -0.4 is 25.2 Å². The number of halogens is 2. The highest BCUT2D eigenvalue weighted by atomic mass is 19.1. The second kappa shape index (κ2) is 18.6. The number of carbonyl (C=O) groups excluding carboxylic acids is 3. The van der Waals surface area contributed by atoms with E-state index in [1.165, 1.54) is 12.1 Å². The number of amides is 3. The lowest BCUT2D eigenvalue weighted by atomic mass is 9.89. The van der Waals surface area contributed by atoms with E-state index in [1.807, 2.05) is 24.8 Å². The standard InChI is InChI=1S/C49H58F2N10O6/c1-28-18-32-20-41(52-28)44-29(2)56-61(16-17-62)48(44)67-26-31-5-4-30(19-31)24-60-42-23-34(6-8-40(42)53-49(60)55-46(32)64)58-14-15-59(36(25-58)27-66-3)33-10-12-57(13-11-33)35-21-38(50)45(39(51)22-35)37-7-9-43(63)54-47(37)65/h6,8,18,20-23,30-31,33,36-37,62H,4-5,7,9-17,19,24-27H2,1-3H3,(H,53,55,64)(H,54,63,65)/t30-,31+,36+,37-/m1/s1. The fraction of sp³-hybridized carbons (Fsp3) is 0.510. The van der Waals surface area contributed by atoms with Gasteiger partial charge in [0.1, 0.15) is 11.6 Å². The number of fused-ring (bicyclic) bond motifs is 9. The number of nitrogens with one attached hydrogen (secondary N) is 2. The maximum absolute atomic E-state index is 15.5. The molecule has 2 aromatic carbocycles. The summed E-state index contributed by atoms with van der Waals surface area (Å²) >= 11 is 0. The van der Waals surface area contributed by atoms with E-state index in [1.54, 1.807) is 23.9 Å². The van der Waals surface area contributed by atoms with Crippen LogP contribution in [0.1, 0.15) is 78.2 Å². The number of hydrogen-bond donors (Lipinski definition) is 3. The third-order valence-corrected chi connectivity index (χ3v) is 14.6. The highest BCUT2D eigenvalue weighted by Crippen LogP contribution is 2.39. The van der Waals surface area contributed by atoms with Crippen LogP contribution in [-0.2, 0) is 27.4 Å². The number of pyridine rings is 1.